The summed E-state index contributed by atoms with van der Waals surface area (Å²) >= 11 is 0. The Bertz CT molecular complexity index is 793. The van der Waals surface area contributed by atoms with Crippen LogP contribution in [-0.2, 0) is 23.9 Å². The summed E-state index contributed by atoms with van der Waals surface area (Å²) in [6.07, 6.45) is 10.1. The van der Waals surface area contributed by atoms with Gasteiger partial charge in [0.25, 0.3) is 0 Å². The van der Waals surface area contributed by atoms with E-state index in [9.17, 15) is 14.4 Å². The number of allylic oxidation sites excluding steroid dienone is 4. The predicted molar refractivity (Wildman–Crippen MR) is 84.5 cm³/mol. The average molecular weight is 326 g/mol. The number of fused-ring (bicyclic) bond motifs is 3. The summed E-state index contributed by atoms with van der Waals surface area (Å²) in [6, 6.07) is 0. The summed E-state index contributed by atoms with van der Waals surface area (Å²) in [5, 5.41) is 0. The molecular weight excluding hydrogens is 312 g/mol. The number of methoxy groups -OCH3 is 2. The number of Topliss-reactive ketones (excluding diaryl/α,β-unsaturated/α-hetero) is 1. The molecule has 6 heteroatoms. The molecule has 1 aromatic heterocycles. The summed E-state index contributed by atoms with van der Waals surface area (Å²) in [6.45, 7) is 0. The quantitative estimate of drug-likeness (QED) is 0.612. The first kappa shape index (κ1) is 15.7. The third-order valence-electron chi connectivity index (χ3n) is 3.77. The van der Waals surface area contributed by atoms with Crippen molar-refractivity contribution in [3.05, 3.63) is 58.1 Å². The number of hydrogen-bond acceptors (Lipinski definition) is 6. The lowest BCUT2D eigenvalue weighted by atomic mass is 9.92. The van der Waals surface area contributed by atoms with Gasteiger partial charge in [-0.3, -0.25) is 4.79 Å². The molecule has 2 aliphatic rings. The van der Waals surface area contributed by atoms with Crippen LogP contribution >= 0.6 is 0 Å². The first-order chi connectivity index (χ1) is 11.5. The number of hydrogen-bond donors (Lipinski definition) is 0. The van der Waals surface area contributed by atoms with Crippen LogP contribution in [0.1, 0.15) is 17.5 Å². The molecule has 0 fully saturated rings. The molecule has 0 atom stereocenters. The Morgan fingerprint density at radius 3 is 1.75 bits per heavy atom. The minimum absolute atomic E-state index is 0.216. The van der Waals surface area contributed by atoms with Gasteiger partial charge in [0.15, 0.2) is 0 Å². The molecule has 1 heterocycles. The number of esters is 2. The highest BCUT2D eigenvalue weighted by Crippen LogP contribution is 2.31. The molecule has 0 spiro atoms. The number of furan rings is 1. The first-order valence-corrected chi connectivity index (χ1v) is 7.15. The topological polar surface area (TPSA) is 82.8 Å². The Balaban J connectivity index is 2.24. The van der Waals surface area contributed by atoms with Crippen molar-refractivity contribution < 1.29 is 28.3 Å². The molecule has 0 radical (unpaired) electrons. The van der Waals surface area contributed by atoms with Gasteiger partial charge in [0.05, 0.1) is 26.7 Å². The minimum Gasteiger partial charge on any atom is -0.471 e. The first-order valence-electron chi connectivity index (χ1n) is 7.15. The van der Waals surface area contributed by atoms with Crippen LogP contribution in [0.3, 0.4) is 0 Å². The van der Waals surface area contributed by atoms with Gasteiger partial charge in [0.1, 0.15) is 11.1 Å². The molecule has 122 valence electrons. The van der Waals surface area contributed by atoms with Crippen LogP contribution in [0, 0.1) is 0 Å². The molecule has 0 saturated heterocycles. The molecule has 2 aliphatic carbocycles. The molecule has 6 nitrogen and oxygen atoms in total. The molecule has 3 rings (SSSR count). The number of carbonyl (C=O) groups excluding carboxylic acids is 3. The van der Waals surface area contributed by atoms with E-state index >= 15 is 0 Å². The van der Waals surface area contributed by atoms with E-state index < -0.39 is 17.7 Å². The van der Waals surface area contributed by atoms with Crippen LogP contribution in [0.25, 0.3) is 12.2 Å². The van der Waals surface area contributed by atoms with E-state index in [1.807, 2.05) is 12.2 Å². The third-order valence-corrected chi connectivity index (χ3v) is 3.77. The Labute approximate surface area is 137 Å². The normalized spacial score (nSPS) is 16.3. The van der Waals surface area contributed by atoms with Crippen LogP contribution in [0.15, 0.2) is 51.4 Å². The summed E-state index contributed by atoms with van der Waals surface area (Å²) in [5.74, 6) is -2.34. The van der Waals surface area contributed by atoms with E-state index in [-0.39, 0.29) is 11.1 Å². The lowest BCUT2D eigenvalue weighted by molar-refractivity contribution is -0.138. The average Bonchev–Trinajstić information content (AvgIpc) is 2.93. The third kappa shape index (κ3) is 2.74. The van der Waals surface area contributed by atoms with Gasteiger partial charge in [-0.1, -0.05) is 0 Å². The van der Waals surface area contributed by atoms with E-state index in [1.165, 1.54) is 26.4 Å². The number of ketones is 1. The van der Waals surface area contributed by atoms with Crippen molar-refractivity contribution in [2.75, 3.05) is 14.2 Å². The van der Waals surface area contributed by atoms with E-state index in [4.69, 9.17) is 4.42 Å². The van der Waals surface area contributed by atoms with Crippen molar-refractivity contribution in [1.82, 2.24) is 0 Å². The summed E-state index contributed by atoms with van der Waals surface area (Å²) < 4.78 is 14.5. The number of ether oxygens (including phenoxy) is 2. The van der Waals surface area contributed by atoms with Crippen LogP contribution in [0.4, 0.5) is 0 Å². The predicted octanol–water partition coefficient (Wildman–Crippen LogP) is 2.23. The van der Waals surface area contributed by atoms with Gasteiger partial charge in [0, 0.05) is 11.1 Å². The zero-order valence-electron chi connectivity index (χ0n) is 13.1. The second-order valence-electron chi connectivity index (χ2n) is 5.33. The van der Waals surface area contributed by atoms with Gasteiger partial charge in [-0.25, -0.2) is 9.59 Å². The summed E-state index contributed by atoms with van der Waals surface area (Å²) in [5.41, 5.74) is 2.68. The van der Waals surface area contributed by atoms with Gasteiger partial charge < -0.3 is 13.9 Å². The standard InChI is InChI=1S/C18H14O6/c1-22-17(20)14-6-10-3-11(5-13-9-24-8-12(13)4-10)7-15(16(14)19)18(21)23-2/h4-9H,3H2,1-2H3. The molecular formula is C18H14O6. The zero-order valence-corrected chi connectivity index (χ0v) is 13.1. The van der Waals surface area contributed by atoms with Gasteiger partial charge >= 0.3 is 11.9 Å². The molecule has 0 unspecified atom stereocenters. The van der Waals surface area contributed by atoms with Crippen molar-refractivity contribution in [1.29, 1.82) is 0 Å². The summed E-state index contributed by atoms with van der Waals surface area (Å²) in [4.78, 5) is 36.6. The lowest BCUT2D eigenvalue weighted by Gasteiger charge is -2.13. The van der Waals surface area contributed by atoms with Gasteiger partial charge in [-0.05, 0) is 41.9 Å². The fraction of sp³-hybridized carbons (Fsp3) is 0.167. The monoisotopic (exact) mass is 326 g/mol. The highest BCUT2D eigenvalue weighted by Gasteiger charge is 2.30. The second-order valence-corrected chi connectivity index (χ2v) is 5.33. The SMILES string of the molecule is COC(=O)C1=CC2=Cc3cocc3C=C(C=C(C(=O)OC)C1=O)C2. The van der Waals surface area contributed by atoms with E-state index in [1.54, 1.807) is 12.5 Å². The Kier molecular flexibility index (Phi) is 4.04. The zero-order chi connectivity index (χ0) is 17.3. The molecule has 0 aliphatic heterocycles. The Morgan fingerprint density at radius 1 is 0.875 bits per heavy atom. The maximum absolute atomic E-state index is 12.6. The highest BCUT2D eigenvalue weighted by atomic mass is 16.5. The number of rotatable bonds is 2. The smallest absolute Gasteiger partial charge is 0.341 e. The lowest BCUT2D eigenvalue weighted by Crippen LogP contribution is -2.23. The maximum Gasteiger partial charge on any atom is 0.341 e. The Morgan fingerprint density at radius 2 is 1.33 bits per heavy atom. The Hall–Kier alpha value is -3.15. The van der Waals surface area contributed by atoms with Gasteiger partial charge in [0.2, 0.25) is 5.78 Å². The molecule has 1 aromatic rings. The van der Waals surface area contributed by atoms with Crippen molar-refractivity contribution in [3.8, 4) is 0 Å². The van der Waals surface area contributed by atoms with Crippen LogP contribution < -0.4 is 0 Å². The molecule has 0 aromatic carbocycles. The van der Waals surface area contributed by atoms with Crippen LogP contribution in [-0.4, -0.2) is 31.9 Å². The van der Waals surface area contributed by atoms with E-state index in [0.29, 0.717) is 6.42 Å². The molecule has 0 N–H and O–H groups in total. The molecule has 24 heavy (non-hydrogen) atoms. The van der Waals surface area contributed by atoms with Crippen molar-refractivity contribution in [2.45, 2.75) is 6.42 Å². The van der Waals surface area contributed by atoms with Gasteiger partial charge in [-0.15, -0.1) is 0 Å². The van der Waals surface area contributed by atoms with E-state index in [0.717, 1.165) is 22.3 Å². The van der Waals surface area contributed by atoms with Crippen molar-refractivity contribution in [2.24, 2.45) is 0 Å². The fourth-order valence-corrected chi connectivity index (χ4v) is 2.64. The molecule has 2 bridgehead atoms. The summed E-state index contributed by atoms with van der Waals surface area (Å²) in [7, 11) is 2.36. The number of carbonyl (C=O) groups is 3. The van der Waals surface area contributed by atoms with Crippen LogP contribution in [0.2, 0.25) is 0 Å². The van der Waals surface area contributed by atoms with Crippen molar-refractivity contribution >= 4 is 29.9 Å². The molecule has 0 amide bonds. The maximum atomic E-state index is 12.6. The second kappa shape index (κ2) is 6.16. The fourth-order valence-electron chi connectivity index (χ4n) is 2.64. The van der Waals surface area contributed by atoms with Gasteiger partial charge in [-0.2, -0.15) is 0 Å². The minimum atomic E-state index is -0.806. The van der Waals surface area contributed by atoms with Crippen molar-refractivity contribution in [3.63, 3.8) is 0 Å². The van der Waals surface area contributed by atoms with E-state index in [2.05, 4.69) is 9.47 Å². The largest absolute Gasteiger partial charge is 0.471 e. The van der Waals surface area contributed by atoms with Crippen LogP contribution in [0.5, 0.6) is 0 Å². The molecule has 0 saturated carbocycles. The highest BCUT2D eigenvalue weighted by molar-refractivity contribution is 6.33.